The van der Waals surface area contributed by atoms with E-state index >= 15 is 0 Å². The third kappa shape index (κ3) is 3.44. The Morgan fingerprint density at radius 3 is 2.75 bits per heavy atom. The monoisotopic (exact) mass is 278 g/mol. The fourth-order valence-corrected chi connectivity index (χ4v) is 2.84. The molecule has 2 atom stereocenters. The number of likely N-dealkylation sites (tertiary alicyclic amines) is 1. The van der Waals surface area contributed by atoms with E-state index in [2.05, 4.69) is 30.3 Å². The van der Waals surface area contributed by atoms with Crippen LogP contribution in [-0.4, -0.2) is 45.3 Å². The highest BCUT2D eigenvalue weighted by Gasteiger charge is 2.21. The first-order chi connectivity index (χ1) is 9.65. The van der Waals surface area contributed by atoms with E-state index in [1.54, 1.807) is 14.2 Å². The molecular weight excluding hydrogens is 252 g/mol. The van der Waals surface area contributed by atoms with Crippen LogP contribution in [0.5, 0.6) is 11.5 Å². The van der Waals surface area contributed by atoms with Crippen LogP contribution in [0.3, 0.4) is 0 Å². The maximum atomic E-state index is 5.45. The van der Waals surface area contributed by atoms with Gasteiger partial charge in [0.25, 0.3) is 0 Å². The van der Waals surface area contributed by atoms with Crippen molar-refractivity contribution in [2.75, 3.05) is 34.4 Å². The highest BCUT2D eigenvalue weighted by atomic mass is 16.5. The van der Waals surface area contributed by atoms with Crippen molar-refractivity contribution < 1.29 is 9.47 Å². The molecule has 1 aromatic carbocycles. The molecule has 112 valence electrons. The molecule has 1 aliphatic rings. The van der Waals surface area contributed by atoms with Gasteiger partial charge in [-0.3, -0.25) is 0 Å². The zero-order valence-corrected chi connectivity index (χ0v) is 13.0. The molecule has 0 radical (unpaired) electrons. The van der Waals surface area contributed by atoms with Gasteiger partial charge in [-0.2, -0.15) is 0 Å². The molecule has 1 aliphatic heterocycles. The number of likely N-dealkylation sites (N-methyl/N-ethyl adjacent to an activating group) is 1. The first-order valence-corrected chi connectivity index (χ1v) is 7.31. The predicted octanol–water partition coefficient (Wildman–Crippen LogP) is 2.45. The van der Waals surface area contributed by atoms with Crippen LogP contribution in [0.25, 0.3) is 0 Å². The first kappa shape index (κ1) is 15.1. The van der Waals surface area contributed by atoms with Gasteiger partial charge >= 0.3 is 0 Å². The van der Waals surface area contributed by atoms with Crippen molar-refractivity contribution >= 4 is 0 Å². The molecule has 0 spiro atoms. The summed E-state index contributed by atoms with van der Waals surface area (Å²) in [5.41, 5.74) is 1.15. The smallest absolute Gasteiger partial charge is 0.123 e. The largest absolute Gasteiger partial charge is 0.497 e. The summed E-state index contributed by atoms with van der Waals surface area (Å²) in [5, 5.41) is 3.62. The Morgan fingerprint density at radius 2 is 2.15 bits per heavy atom. The molecule has 1 fully saturated rings. The SMILES string of the molecule is COc1ccc(OC)c(C(C)NCC2CCCN2C)c1. The Balaban J connectivity index is 2.02. The summed E-state index contributed by atoms with van der Waals surface area (Å²) in [7, 11) is 5.61. The molecule has 2 unspecified atom stereocenters. The van der Waals surface area contributed by atoms with Crippen LogP contribution in [0.1, 0.15) is 31.4 Å². The van der Waals surface area contributed by atoms with Crippen molar-refractivity contribution in [2.45, 2.75) is 31.8 Å². The van der Waals surface area contributed by atoms with Gasteiger partial charge in [0.15, 0.2) is 0 Å². The molecule has 4 heteroatoms. The summed E-state index contributed by atoms with van der Waals surface area (Å²) in [6.45, 7) is 4.40. The van der Waals surface area contributed by atoms with Gasteiger partial charge in [-0.1, -0.05) is 0 Å². The Hall–Kier alpha value is -1.26. The summed E-state index contributed by atoms with van der Waals surface area (Å²) in [5.74, 6) is 1.78. The predicted molar refractivity (Wildman–Crippen MR) is 81.6 cm³/mol. The average Bonchev–Trinajstić information content (AvgIpc) is 2.89. The molecule has 0 saturated carbocycles. The van der Waals surface area contributed by atoms with Gasteiger partial charge in [0.2, 0.25) is 0 Å². The Bertz CT molecular complexity index is 436. The normalized spacial score (nSPS) is 20.9. The lowest BCUT2D eigenvalue weighted by molar-refractivity contribution is 0.292. The lowest BCUT2D eigenvalue weighted by Crippen LogP contribution is -2.36. The first-order valence-electron chi connectivity index (χ1n) is 7.31. The second-order valence-electron chi connectivity index (χ2n) is 5.51. The maximum absolute atomic E-state index is 5.45. The van der Waals surface area contributed by atoms with Crippen molar-refractivity contribution in [2.24, 2.45) is 0 Å². The maximum Gasteiger partial charge on any atom is 0.123 e. The molecule has 0 aliphatic carbocycles. The van der Waals surface area contributed by atoms with E-state index < -0.39 is 0 Å². The molecule has 1 heterocycles. The average molecular weight is 278 g/mol. The summed E-state index contributed by atoms with van der Waals surface area (Å²) >= 11 is 0. The summed E-state index contributed by atoms with van der Waals surface area (Å²) in [4.78, 5) is 2.43. The van der Waals surface area contributed by atoms with Crippen molar-refractivity contribution in [3.63, 3.8) is 0 Å². The number of hydrogen-bond acceptors (Lipinski definition) is 4. The number of nitrogens with zero attached hydrogens (tertiary/aromatic N) is 1. The van der Waals surface area contributed by atoms with Gasteiger partial charge in [-0.25, -0.2) is 0 Å². The Morgan fingerprint density at radius 1 is 1.35 bits per heavy atom. The van der Waals surface area contributed by atoms with Crippen LogP contribution in [0.4, 0.5) is 0 Å². The molecule has 0 amide bonds. The van der Waals surface area contributed by atoms with Crippen LogP contribution in [0.2, 0.25) is 0 Å². The molecule has 4 nitrogen and oxygen atoms in total. The lowest BCUT2D eigenvalue weighted by atomic mass is 10.1. The van der Waals surface area contributed by atoms with Gasteiger partial charge in [0, 0.05) is 24.2 Å². The molecule has 1 saturated heterocycles. The van der Waals surface area contributed by atoms with E-state index in [0.717, 1.165) is 23.6 Å². The van der Waals surface area contributed by atoms with E-state index in [0.29, 0.717) is 6.04 Å². The molecule has 2 rings (SSSR count). The summed E-state index contributed by atoms with van der Waals surface area (Å²) in [6, 6.07) is 6.84. The number of methoxy groups -OCH3 is 2. The summed E-state index contributed by atoms with van der Waals surface area (Å²) in [6.07, 6.45) is 2.59. The molecule has 1 N–H and O–H groups in total. The quantitative estimate of drug-likeness (QED) is 0.866. The highest BCUT2D eigenvalue weighted by Crippen LogP contribution is 2.29. The minimum Gasteiger partial charge on any atom is -0.497 e. The zero-order chi connectivity index (χ0) is 14.5. The Kier molecular flexibility index (Phi) is 5.26. The third-order valence-electron chi connectivity index (χ3n) is 4.23. The fourth-order valence-electron chi connectivity index (χ4n) is 2.84. The molecule has 1 aromatic rings. The van der Waals surface area contributed by atoms with Crippen LogP contribution in [0.15, 0.2) is 18.2 Å². The number of benzene rings is 1. The van der Waals surface area contributed by atoms with E-state index in [-0.39, 0.29) is 6.04 Å². The van der Waals surface area contributed by atoms with Crippen LogP contribution in [-0.2, 0) is 0 Å². The van der Waals surface area contributed by atoms with Gasteiger partial charge in [0.1, 0.15) is 11.5 Å². The van der Waals surface area contributed by atoms with Crippen molar-refractivity contribution in [1.29, 1.82) is 0 Å². The topological polar surface area (TPSA) is 33.7 Å². The molecular formula is C16H26N2O2. The van der Waals surface area contributed by atoms with E-state index in [1.165, 1.54) is 19.4 Å². The van der Waals surface area contributed by atoms with Crippen LogP contribution < -0.4 is 14.8 Å². The van der Waals surface area contributed by atoms with Gasteiger partial charge < -0.3 is 19.7 Å². The molecule has 20 heavy (non-hydrogen) atoms. The molecule has 0 aromatic heterocycles. The second kappa shape index (κ2) is 6.95. The van der Waals surface area contributed by atoms with Crippen molar-refractivity contribution in [3.8, 4) is 11.5 Å². The zero-order valence-electron chi connectivity index (χ0n) is 13.0. The van der Waals surface area contributed by atoms with Gasteiger partial charge in [-0.15, -0.1) is 0 Å². The van der Waals surface area contributed by atoms with Crippen LogP contribution >= 0.6 is 0 Å². The van der Waals surface area contributed by atoms with E-state index in [1.807, 2.05) is 12.1 Å². The highest BCUT2D eigenvalue weighted by molar-refractivity contribution is 5.42. The van der Waals surface area contributed by atoms with Crippen LogP contribution in [0, 0.1) is 0 Å². The standard InChI is InChI=1S/C16H26N2O2/c1-12(17-11-13-6-5-9-18(13)2)15-10-14(19-3)7-8-16(15)20-4/h7-8,10,12-13,17H,5-6,9,11H2,1-4H3. The fraction of sp³-hybridized carbons (Fsp3) is 0.625. The molecule has 0 bridgehead atoms. The second-order valence-corrected chi connectivity index (χ2v) is 5.51. The van der Waals surface area contributed by atoms with Crippen molar-refractivity contribution in [1.82, 2.24) is 10.2 Å². The van der Waals surface area contributed by atoms with E-state index in [4.69, 9.17) is 9.47 Å². The van der Waals surface area contributed by atoms with E-state index in [9.17, 15) is 0 Å². The number of ether oxygens (including phenoxy) is 2. The number of nitrogens with one attached hydrogen (secondary N) is 1. The lowest BCUT2D eigenvalue weighted by Gasteiger charge is -2.24. The minimum absolute atomic E-state index is 0.244. The van der Waals surface area contributed by atoms with Gasteiger partial charge in [0.05, 0.1) is 14.2 Å². The number of rotatable bonds is 6. The van der Waals surface area contributed by atoms with Crippen molar-refractivity contribution in [3.05, 3.63) is 23.8 Å². The third-order valence-corrected chi connectivity index (χ3v) is 4.23. The van der Waals surface area contributed by atoms with Gasteiger partial charge in [-0.05, 0) is 51.6 Å². The number of hydrogen-bond donors (Lipinski definition) is 1. The Labute approximate surface area is 122 Å². The minimum atomic E-state index is 0.244. The summed E-state index contributed by atoms with van der Waals surface area (Å²) < 4.78 is 10.8.